The highest BCUT2D eigenvalue weighted by Gasteiger charge is 2.49. The van der Waals surface area contributed by atoms with Gasteiger partial charge in [0.2, 0.25) is 0 Å². The minimum absolute atomic E-state index is 0.00601. The predicted molar refractivity (Wildman–Crippen MR) is 129 cm³/mol. The molecule has 4 rings (SSSR count). The normalized spacial score (nSPS) is 17.4. The third-order valence-corrected chi connectivity index (χ3v) is 6.34. The van der Waals surface area contributed by atoms with Crippen LogP contribution in [0.2, 0.25) is 15.1 Å². The van der Waals surface area contributed by atoms with Crippen LogP contribution in [-0.2, 0) is 9.59 Å². The fourth-order valence-corrected chi connectivity index (χ4v) is 4.78. The molecule has 176 valence electrons. The van der Waals surface area contributed by atoms with E-state index in [2.05, 4.69) is 0 Å². The van der Waals surface area contributed by atoms with Crippen LogP contribution in [0, 0.1) is 6.92 Å². The Labute approximate surface area is 210 Å². The second-order valence-corrected chi connectivity index (χ2v) is 8.62. The molecule has 1 aromatic heterocycles. The number of carbonyl (C=O) groups excluding carboxylic acids is 2. The Balaban J connectivity index is 2.02. The van der Waals surface area contributed by atoms with Gasteiger partial charge in [0, 0.05) is 10.7 Å². The van der Waals surface area contributed by atoms with Crippen molar-refractivity contribution in [2.24, 2.45) is 0 Å². The van der Waals surface area contributed by atoms with E-state index in [1.807, 2.05) is 0 Å². The SMILES string of the molecule is COc1c(Cl)cc(/C(O)=C2/C(=O)C(=O)N(c3cc(Cl)ccc3C)C2c2ccco2)c(OC)c1Cl. The van der Waals surface area contributed by atoms with Crippen molar-refractivity contribution in [1.82, 2.24) is 0 Å². The van der Waals surface area contributed by atoms with Gasteiger partial charge in [-0.25, -0.2) is 0 Å². The van der Waals surface area contributed by atoms with Gasteiger partial charge in [0.25, 0.3) is 11.7 Å². The minimum atomic E-state index is -1.09. The number of benzene rings is 2. The molecule has 1 N–H and O–H groups in total. The van der Waals surface area contributed by atoms with Gasteiger partial charge in [0.1, 0.15) is 22.6 Å². The summed E-state index contributed by atoms with van der Waals surface area (Å²) in [6.07, 6.45) is 1.40. The summed E-state index contributed by atoms with van der Waals surface area (Å²) in [6.45, 7) is 1.77. The Morgan fingerprint density at radius 2 is 1.76 bits per heavy atom. The molecule has 1 atom stereocenters. The number of Topliss-reactive ketones (excluding diaryl/α,β-unsaturated/α-hetero) is 1. The molecule has 2 heterocycles. The standard InChI is InChI=1S/C24H18Cl3NO6/c1-11-6-7-12(25)9-15(11)28-19(16-5-4-8-34-16)17(21(30)24(28)31)20(29)13-10-14(26)23(33-3)18(27)22(13)32-2/h4-10,19,29H,1-3H3/b20-17-. The first-order chi connectivity index (χ1) is 16.2. The molecular formula is C24H18Cl3NO6. The molecule has 1 saturated heterocycles. The Bertz CT molecular complexity index is 1330. The van der Waals surface area contributed by atoms with Crippen molar-refractivity contribution < 1.29 is 28.6 Å². The Hall–Kier alpha value is -3.13. The molecule has 0 aliphatic carbocycles. The summed E-state index contributed by atoms with van der Waals surface area (Å²) >= 11 is 18.8. The van der Waals surface area contributed by atoms with Gasteiger partial charge in [-0.1, -0.05) is 40.9 Å². The number of ether oxygens (including phenoxy) is 2. The summed E-state index contributed by atoms with van der Waals surface area (Å²) in [7, 11) is 2.71. The Kier molecular flexibility index (Phi) is 6.53. The van der Waals surface area contributed by atoms with E-state index in [9.17, 15) is 14.7 Å². The summed E-state index contributed by atoms with van der Waals surface area (Å²) in [5, 5.41) is 11.8. The number of nitrogens with zero attached hydrogens (tertiary/aromatic N) is 1. The van der Waals surface area contributed by atoms with E-state index >= 15 is 0 Å². The number of furan rings is 1. The van der Waals surface area contributed by atoms with Crippen molar-refractivity contribution in [2.45, 2.75) is 13.0 Å². The molecule has 1 fully saturated rings. The van der Waals surface area contributed by atoms with Gasteiger partial charge in [0.15, 0.2) is 11.5 Å². The van der Waals surface area contributed by atoms with Crippen molar-refractivity contribution in [1.29, 1.82) is 0 Å². The van der Waals surface area contributed by atoms with E-state index < -0.39 is 23.5 Å². The maximum absolute atomic E-state index is 13.3. The number of aliphatic hydroxyl groups is 1. The largest absolute Gasteiger partial charge is 0.507 e. The number of ketones is 1. The van der Waals surface area contributed by atoms with E-state index in [0.717, 1.165) is 0 Å². The summed E-state index contributed by atoms with van der Waals surface area (Å²) in [4.78, 5) is 27.8. The molecule has 7 nitrogen and oxygen atoms in total. The number of rotatable bonds is 5. The zero-order valence-corrected chi connectivity index (χ0v) is 20.5. The zero-order valence-electron chi connectivity index (χ0n) is 18.2. The second-order valence-electron chi connectivity index (χ2n) is 7.40. The van der Waals surface area contributed by atoms with Crippen LogP contribution < -0.4 is 14.4 Å². The highest BCUT2D eigenvalue weighted by molar-refractivity contribution is 6.52. The Morgan fingerprint density at radius 1 is 1.06 bits per heavy atom. The van der Waals surface area contributed by atoms with Crippen molar-refractivity contribution in [3.05, 3.63) is 80.2 Å². The first-order valence-corrected chi connectivity index (χ1v) is 11.1. The van der Waals surface area contributed by atoms with Gasteiger partial charge in [-0.05, 0) is 42.8 Å². The van der Waals surface area contributed by atoms with Crippen LogP contribution in [0.3, 0.4) is 0 Å². The molecule has 0 saturated carbocycles. The summed E-state index contributed by atoms with van der Waals surface area (Å²) in [5.74, 6) is -1.92. The molecular weight excluding hydrogens is 505 g/mol. The van der Waals surface area contributed by atoms with E-state index in [-0.39, 0.29) is 38.4 Å². The molecule has 0 spiro atoms. The first kappa shape index (κ1) is 24.0. The third kappa shape index (κ3) is 3.79. The number of aryl methyl sites for hydroxylation is 1. The quantitative estimate of drug-likeness (QED) is 0.244. The van der Waals surface area contributed by atoms with Crippen LogP contribution in [0.15, 0.2) is 52.7 Å². The number of aliphatic hydroxyl groups excluding tert-OH is 1. The van der Waals surface area contributed by atoms with Gasteiger partial charge in [-0.3, -0.25) is 14.5 Å². The van der Waals surface area contributed by atoms with E-state index in [1.54, 1.807) is 37.3 Å². The maximum atomic E-state index is 13.3. The van der Waals surface area contributed by atoms with Gasteiger partial charge < -0.3 is 19.0 Å². The van der Waals surface area contributed by atoms with E-state index in [1.165, 1.54) is 31.4 Å². The number of hydrogen-bond acceptors (Lipinski definition) is 6. The first-order valence-electron chi connectivity index (χ1n) is 9.92. The van der Waals surface area contributed by atoms with Crippen LogP contribution in [-0.4, -0.2) is 31.0 Å². The average Bonchev–Trinajstić information content (AvgIpc) is 3.42. The predicted octanol–water partition coefficient (Wildman–Crippen LogP) is 6.19. The van der Waals surface area contributed by atoms with Gasteiger partial charge in [0.05, 0.1) is 36.6 Å². The summed E-state index contributed by atoms with van der Waals surface area (Å²) < 4.78 is 16.1. The van der Waals surface area contributed by atoms with Crippen LogP contribution in [0.1, 0.15) is 22.9 Å². The molecule has 2 aromatic carbocycles. The molecule has 0 bridgehead atoms. The topological polar surface area (TPSA) is 89.2 Å². The molecule has 3 aromatic rings. The number of halogens is 3. The van der Waals surface area contributed by atoms with E-state index in [4.69, 9.17) is 48.7 Å². The maximum Gasteiger partial charge on any atom is 0.300 e. The molecule has 1 amide bonds. The lowest BCUT2D eigenvalue weighted by molar-refractivity contribution is -0.132. The monoisotopic (exact) mass is 521 g/mol. The molecule has 1 unspecified atom stereocenters. The molecule has 10 heteroatoms. The lowest BCUT2D eigenvalue weighted by Gasteiger charge is -2.25. The fraction of sp³-hybridized carbons (Fsp3) is 0.167. The number of hydrogen-bond donors (Lipinski definition) is 1. The van der Waals surface area contributed by atoms with Crippen molar-refractivity contribution in [3.63, 3.8) is 0 Å². The van der Waals surface area contributed by atoms with Crippen LogP contribution in [0.5, 0.6) is 11.5 Å². The summed E-state index contributed by atoms with van der Waals surface area (Å²) in [5.41, 5.74) is 0.870. The van der Waals surface area contributed by atoms with Crippen LogP contribution in [0.25, 0.3) is 5.76 Å². The smallest absolute Gasteiger partial charge is 0.300 e. The fourth-order valence-electron chi connectivity index (χ4n) is 3.93. The van der Waals surface area contributed by atoms with Gasteiger partial charge >= 0.3 is 0 Å². The number of amides is 1. The average molecular weight is 523 g/mol. The molecule has 34 heavy (non-hydrogen) atoms. The van der Waals surface area contributed by atoms with E-state index in [0.29, 0.717) is 16.3 Å². The molecule has 1 aliphatic rings. The number of carbonyl (C=O) groups is 2. The number of methoxy groups -OCH3 is 2. The minimum Gasteiger partial charge on any atom is -0.507 e. The van der Waals surface area contributed by atoms with Crippen molar-refractivity contribution in [2.75, 3.05) is 19.1 Å². The van der Waals surface area contributed by atoms with Crippen LogP contribution >= 0.6 is 34.8 Å². The molecule has 0 radical (unpaired) electrons. The molecule has 1 aliphatic heterocycles. The van der Waals surface area contributed by atoms with Gasteiger partial charge in [-0.2, -0.15) is 0 Å². The van der Waals surface area contributed by atoms with Crippen molar-refractivity contribution in [3.8, 4) is 11.5 Å². The third-order valence-electron chi connectivity index (χ3n) is 5.48. The van der Waals surface area contributed by atoms with Crippen molar-refractivity contribution >= 4 is 57.9 Å². The zero-order chi connectivity index (χ0) is 24.7. The van der Waals surface area contributed by atoms with Gasteiger partial charge in [-0.15, -0.1) is 0 Å². The highest BCUT2D eigenvalue weighted by Crippen LogP contribution is 2.48. The lowest BCUT2D eigenvalue weighted by atomic mass is 9.98. The lowest BCUT2D eigenvalue weighted by Crippen LogP contribution is -2.30. The Morgan fingerprint density at radius 3 is 2.38 bits per heavy atom. The van der Waals surface area contributed by atoms with Crippen LogP contribution in [0.4, 0.5) is 5.69 Å². The highest BCUT2D eigenvalue weighted by atomic mass is 35.5. The summed E-state index contributed by atoms with van der Waals surface area (Å²) in [6, 6.07) is 8.44. The number of anilines is 1. The second kappa shape index (κ2) is 9.25.